The van der Waals surface area contributed by atoms with Crippen LogP contribution in [-0.4, -0.2) is 23.1 Å². The van der Waals surface area contributed by atoms with Crippen molar-refractivity contribution >= 4 is 21.4 Å². The summed E-state index contributed by atoms with van der Waals surface area (Å²) in [6, 6.07) is 5.29. The minimum absolute atomic E-state index is 0.0338. The molecule has 0 bridgehead atoms. The second-order valence-corrected chi connectivity index (χ2v) is 5.78. The van der Waals surface area contributed by atoms with Gasteiger partial charge in [0.15, 0.2) is 0 Å². The number of sulfonamides is 1. The van der Waals surface area contributed by atoms with Gasteiger partial charge in [-0.2, -0.15) is 5.10 Å². The molecule has 1 N–H and O–H groups in total. The maximum atomic E-state index is 12.2. The van der Waals surface area contributed by atoms with Crippen molar-refractivity contribution in [1.29, 1.82) is 0 Å². The van der Waals surface area contributed by atoms with Gasteiger partial charge in [-0.25, -0.2) is 8.42 Å². The van der Waals surface area contributed by atoms with Crippen molar-refractivity contribution in [3.8, 4) is 0 Å². The van der Waals surface area contributed by atoms with Crippen LogP contribution in [-0.2, 0) is 17.1 Å². The molecule has 8 nitrogen and oxygen atoms in total. The number of hydrogen-bond donors (Lipinski definition) is 1. The molecular formula is C11H12N4O4S. The van der Waals surface area contributed by atoms with E-state index in [4.69, 9.17) is 0 Å². The standard InChI is InChI=1S/C11H12N4O4S/c1-8-11(7-12-14(8)2)20(18,19)13-9-4-3-5-10(6-9)15(16)17/h3-7,13H,1-2H3. The summed E-state index contributed by atoms with van der Waals surface area (Å²) in [5, 5.41) is 14.5. The van der Waals surface area contributed by atoms with Gasteiger partial charge in [0.2, 0.25) is 0 Å². The molecule has 0 spiro atoms. The molecule has 0 saturated carbocycles. The molecule has 2 rings (SSSR count). The molecule has 2 aromatic rings. The van der Waals surface area contributed by atoms with Gasteiger partial charge < -0.3 is 0 Å². The van der Waals surface area contributed by atoms with Crippen LogP contribution in [0.1, 0.15) is 5.69 Å². The third-order valence-corrected chi connectivity index (χ3v) is 4.27. The van der Waals surface area contributed by atoms with Gasteiger partial charge in [0, 0.05) is 19.2 Å². The van der Waals surface area contributed by atoms with E-state index in [9.17, 15) is 18.5 Å². The fourth-order valence-corrected chi connectivity index (χ4v) is 2.89. The van der Waals surface area contributed by atoms with Gasteiger partial charge in [-0.1, -0.05) is 6.07 Å². The zero-order valence-electron chi connectivity index (χ0n) is 10.8. The fraction of sp³-hybridized carbons (Fsp3) is 0.182. The second-order valence-electron chi connectivity index (χ2n) is 4.13. The predicted octanol–water partition coefficient (Wildman–Crippen LogP) is 1.44. The Morgan fingerprint density at radius 1 is 1.40 bits per heavy atom. The van der Waals surface area contributed by atoms with Crippen LogP contribution < -0.4 is 4.72 Å². The van der Waals surface area contributed by atoms with Gasteiger partial charge in [-0.3, -0.25) is 19.5 Å². The largest absolute Gasteiger partial charge is 0.279 e. The van der Waals surface area contributed by atoms with Crippen molar-refractivity contribution in [1.82, 2.24) is 9.78 Å². The first-order valence-electron chi connectivity index (χ1n) is 5.57. The predicted molar refractivity (Wildman–Crippen MR) is 71.8 cm³/mol. The number of rotatable bonds is 4. The number of nitro benzene ring substituents is 1. The van der Waals surface area contributed by atoms with E-state index in [0.29, 0.717) is 5.69 Å². The lowest BCUT2D eigenvalue weighted by atomic mass is 10.3. The molecule has 0 aliphatic carbocycles. The Morgan fingerprint density at radius 3 is 2.65 bits per heavy atom. The van der Waals surface area contributed by atoms with Crippen LogP contribution in [0.15, 0.2) is 35.4 Å². The average molecular weight is 296 g/mol. The van der Waals surface area contributed by atoms with E-state index in [2.05, 4.69) is 9.82 Å². The fourth-order valence-electron chi connectivity index (χ4n) is 1.64. The zero-order valence-corrected chi connectivity index (χ0v) is 11.6. The highest BCUT2D eigenvalue weighted by Crippen LogP contribution is 2.21. The first kappa shape index (κ1) is 14.0. The van der Waals surface area contributed by atoms with Crippen molar-refractivity contribution in [2.75, 3.05) is 4.72 Å². The first-order chi connectivity index (χ1) is 9.31. The molecule has 0 saturated heterocycles. The monoisotopic (exact) mass is 296 g/mol. The molecule has 20 heavy (non-hydrogen) atoms. The van der Waals surface area contributed by atoms with Crippen LogP contribution in [0.4, 0.5) is 11.4 Å². The SMILES string of the molecule is Cc1c(S(=O)(=O)Nc2cccc([N+](=O)[O-])c2)cnn1C. The summed E-state index contributed by atoms with van der Waals surface area (Å²) in [6.45, 7) is 1.62. The normalized spacial score (nSPS) is 11.3. The number of benzene rings is 1. The molecule has 1 aromatic carbocycles. The van der Waals surface area contributed by atoms with Crippen LogP contribution >= 0.6 is 0 Å². The van der Waals surface area contributed by atoms with Crippen LogP contribution in [0.2, 0.25) is 0 Å². The van der Waals surface area contributed by atoms with Crippen molar-refractivity contribution in [2.24, 2.45) is 7.05 Å². The van der Waals surface area contributed by atoms with E-state index in [1.54, 1.807) is 14.0 Å². The number of hydrogen-bond acceptors (Lipinski definition) is 5. The molecule has 1 heterocycles. The Kier molecular flexibility index (Phi) is 3.45. The molecule has 1 aromatic heterocycles. The molecule has 0 fully saturated rings. The Labute approximate surface area is 115 Å². The number of nitrogens with one attached hydrogen (secondary N) is 1. The highest BCUT2D eigenvalue weighted by atomic mass is 32.2. The average Bonchev–Trinajstić information content (AvgIpc) is 2.70. The molecule has 9 heteroatoms. The summed E-state index contributed by atoms with van der Waals surface area (Å²) in [6.07, 6.45) is 1.23. The number of nitro groups is 1. The van der Waals surface area contributed by atoms with E-state index in [0.717, 1.165) is 6.07 Å². The van der Waals surface area contributed by atoms with Gasteiger partial charge in [0.1, 0.15) is 4.90 Å². The molecule has 0 unspecified atom stereocenters. The number of aryl methyl sites for hydroxylation is 1. The topological polar surface area (TPSA) is 107 Å². The van der Waals surface area contributed by atoms with Crippen LogP contribution in [0.25, 0.3) is 0 Å². The highest BCUT2D eigenvalue weighted by molar-refractivity contribution is 7.92. The molecule has 106 valence electrons. The number of non-ortho nitro benzene ring substituents is 1. The number of anilines is 1. The van der Waals surface area contributed by atoms with Crippen molar-refractivity contribution in [3.05, 3.63) is 46.3 Å². The lowest BCUT2D eigenvalue weighted by Crippen LogP contribution is -2.14. The van der Waals surface area contributed by atoms with Gasteiger partial charge in [0.05, 0.1) is 22.5 Å². The Hall–Kier alpha value is -2.42. The van der Waals surface area contributed by atoms with Gasteiger partial charge in [-0.05, 0) is 13.0 Å². The van der Waals surface area contributed by atoms with E-state index < -0.39 is 14.9 Å². The first-order valence-corrected chi connectivity index (χ1v) is 7.05. The minimum atomic E-state index is -3.82. The number of aromatic nitrogens is 2. The van der Waals surface area contributed by atoms with E-state index >= 15 is 0 Å². The molecule has 0 radical (unpaired) electrons. The maximum Gasteiger partial charge on any atom is 0.271 e. The summed E-state index contributed by atoms with van der Waals surface area (Å²) in [7, 11) is -2.19. The van der Waals surface area contributed by atoms with Crippen LogP contribution in [0.3, 0.4) is 0 Å². The summed E-state index contributed by atoms with van der Waals surface area (Å²) < 4.78 is 28.1. The molecular weight excluding hydrogens is 284 g/mol. The van der Waals surface area contributed by atoms with E-state index in [1.807, 2.05) is 0 Å². The Balaban J connectivity index is 2.36. The third-order valence-electron chi connectivity index (χ3n) is 2.79. The smallest absolute Gasteiger partial charge is 0.271 e. The summed E-state index contributed by atoms with van der Waals surface area (Å²) in [4.78, 5) is 10.1. The molecule has 0 aliphatic heterocycles. The van der Waals surface area contributed by atoms with Crippen molar-refractivity contribution in [3.63, 3.8) is 0 Å². The summed E-state index contributed by atoms with van der Waals surface area (Å²) in [5.74, 6) is 0. The minimum Gasteiger partial charge on any atom is -0.279 e. The maximum absolute atomic E-state index is 12.2. The van der Waals surface area contributed by atoms with E-state index in [1.165, 1.54) is 29.1 Å². The van der Waals surface area contributed by atoms with Crippen molar-refractivity contribution < 1.29 is 13.3 Å². The lowest BCUT2D eigenvalue weighted by Gasteiger charge is -2.07. The van der Waals surface area contributed by atoms with Crippen LogP contribution in [0, 0.1) is 17.0 Å². The Morgan fingerprint density at radius 2 is 2.10 bits per heavy atom. The van der Waals surface area contributed by atoms with Crippen LogP contribution in [0.5, 0.6) is 0 Å². The van der Waals surface area contributed by atoms with Gasteiger partial charge in [0.25, 0.3) is 15.7 Å². The van der Waals surface area contributed by atoms with Gasteiger partial charge in [-0.15, -0.1) is 0 Å². The summed E-state index contributed by atoms with van der Waals surface area (Å²) >= 11 is 0. The molecule has 0 amide bonds. The molecule has 0 atom stereocenters. The zero-order chi connectivity index (χ0) is 14.9. The second kappa shape index (κ2) is 4.93. The highest BCUT2D eigenvalue weighted by Gasteiger charge is 2.20. The lowest BCUT2D eigenvalue weighted by molar-refractivity contribution is -0.384. The summed E-state index contributed by atoms with van der Waals surface area (Å²) in [5.41, 5.74) is 0.415. The molecule has 0 aliphatic rings. The van der Waals surface area contributed by atoms with Crippen molar-refractivity contribution in [2.45, 2.75) is 11.8 Å². The number of nitrogens with zero attached hydrogens (tertiary/aromatic N) is 3. The third kappa shape index (κ3) is 2.62. The quantitative estimate of drug-likeness (QED) is 0.678. The van der Waals surface area contributed by atoms with E-state index in [-0.39, 0.29) is 16.3 Å². The Bertz CT molecular complexity index is 766. The van der Waals surface area contributed by atoms with Gasteiger partial charge >= 0.3 is 0 Å².